The smallest absolute Gasteiger partial charge is 0.306 e. The summed E-state index contributed by atoms with van der Waals surface area (Å²) in [5.41, 5.74) is 0. The Labute approximate surface area is 402 Å². The van der Waals surface area contributed by atoms with E-state index in [9.17, 15) is 14.4 Å². The summed E-state index contributed by atoms with van der Waals surface area (Å²) in [6, 6.07) is 0. The molecule has 1 atom stereocenters. The molecule has 0 spiro atoms. The van der Waals surface area contributed by atoms with Crippen molar-refractivity contribution in [3.63, 3.8) is 0 Å². The minimum Gasteiger partial charge on any atom is -0.462 e. The second-order valence-corrected chi connectivity index (χ2v) is 18.1. The summed E-state index contributed by atoms with van der Waals surface area (Å²) in [4.78, 5) is 38.0. The molecule has 0 radical (unpaired) electrons. The standard InChI is InChI=1S/C59H102O6/c1-4-7-10-13-16-19-22-25-27-29-31-34-36-39-42-45-48-51-57(60)63-54-56(65-59(62)53-50-47-44-41-38-33-24-21-18-15-12-9-6-3)55-64-58(61)52-49-46-43-40-37-35-32-30-28-26-23-20-17-14-11-8-5-2/h16-17,19-20,25-28,31,34,39,42,56H,4-15,18,21-24,29-30,32-33,35-38,40-41,43-55H2,1-3H3/b19-16-,20-17-,27-25-,28-26-,34-31-,42-39-/t56-/m1/s1. The van der Waals surface area contributed by atoms with Crippen LogP contribution in [0.15, 0.2) is 72.9 Å². The number of carbonyl (C=O) groups excluding carboxylic acids is 3. The maximum absolute atomic E-state index is 12.8. The number of hydrogen-bond donors (Lipinski definition) is 0. The van der Waals surface area contributed by atoms with E-state index in [0.29, 0.717) is 19.3 Å². The lowest BCUT2D eigenvalue weighted by Crippen LogP contribution is -2.30. The lowest BCUT2D eigenvalue weighted by molar-refractivity contribution is -0.167. The fraction of sp³-hybridized carbons (Fsp3) is 0.746. The van der Waals surface area contributed by atoms with Gasteiger partial charge >= 0.3 is 17.9 Å². The Kier molecular flexibility index (Phi) is 50.9. The van der Waals surface area contributed by atoms with Crippen molar-refractivity contribution in [1.82, 2.24) is 0 Å². The fourth-order valence-corrected chi connectivity index (χ4v) is 7.52. The molecule has 0 aliphatic rings. The third kappa shape index (κ3) is 51.7. The van der Waals surface area contributed by atoms with E-state index in [0.717, 1.165) is 77.0 Å². The first-order chi connectivity index (χ1) is 32.0. The maximum atomic E-state index is 12.8. The highest BCUT2D eigenvalue weighted by Gasteiger charge is 2.19. The van der Waals surface area contributed by atoms with Crippen molar-refractivity contribution in [3.8, 4) is 0 Å². The Balaban J connectivity index is 4.45. The van der Waals surface area contributed by atoms with E-state index in [1.54, 1.807) is 0 Å². The van der Waals surface area contributed by atoms with Gasteiger partial charge in [0.25, 0.3) is 0 Å². The Morgan fingerprint density at radius 2 is 0.569 bits per heavy atom. The zero-order valence-electron chi connectivity index (χ0n) is 42.7. The molecule has 0 heterocycles. The molecule has 0 N–H and O–H groups in total. The van der Waals surface area contributed by atoms with Crippen LogP contribution in [0.2, 0.25) is 0 Å². The maximum Gasteiger partial charge on any atom is 0.306 e. The lowest BCUT2D eigenvalue weighted by atomic mass is 10.0. The molecule has 0 saturated heterocycles. The van der Waals surface area contributed by atoms with E-state index in [-0.39, 0.29) is 37.5 Å². The molecular formula is C59H102O6. The van der Waals surface area contributed by atoms with Gasteiger partial charge in [0.15, 0.2) is 6.10 Å². The van der Waals surface area contributed by atoms with Crippen LogP contribution in [-0.4, -0.2) is 37.2 Å². The first-order valence-corrected chi connectivity index (χ1v) is 27.4. The van der Waals surface area contributed by atoms with E-state index in [1.807, 2.05) is 0 Å². The van der Waals surface area contributed by atoms with Gasteiger partial charge in [-0.3, -0.25) is 14.4 Å². The van der Waals surface area contributed by atoms with E-state index >= 15 is 0 Å². The quantitative estimate of drug-likeness (QED) is 0.0262. The molecule has 0 aliphatic heterocycles. The van der Waals surface area contributed by atoms with Gasteiger partial charge in [-0.25, -0.2) is 0 Å². The molecule has 0 aliphatic carbocycles. The number of rotatable bonds is 49. The molecule has 0 unspecified atom stereocenters. The minimum absolute atomic E-state index is 0.0949. The van der Waals surface area contributed by atoms with E-state index < -0.39 is 6.10 Å². The zero-order valence-corrected chi connectivity index (χ0v) is 42.7. The van der Waals surface area contributed by atoms with Gasteiger partial charge in [-0.15, -0.1) is 0 Å². The summed E-state index contributed by atoms with van der Waals surface area (Å²) in [5.74, 6) is -0.954. The molecule has 0 aromatic carbocycles. The molecule has 6 nitrogen and oxygen atoms in total. The third-order valence-corrected chi connectivity index (χ3v) is 11.7. The van der Waals surface area contributed by atoms with Gasteiger partial charge < -0.3 is 14.2 Å². The van der Waals surface area contributed by atoms with Gasteiger partial charge in [0.1, 0.15) is 13.2 Å². The molecule has 374 valence electrons. The molecule has 6 heteroatoms. The molecule has 0 amide bonds. The van der Waals surface area contributed by atoms with Crippen molar-refractivity contribution in [2.75, 3.05) is 13.2 Å². The number of esters is 3. The Bertz CT molecular complexity index is 1230. The predicted molar refractivity (Wildman–Crippen MR) is 279 cm³/mol. The molecule has 0 rings (SSSR count). The van der Waals surface area contributed by atoms with Crippen molar-refractivity contribution in [3.05, 3.63) is 72.9 Å². The highest BCUT2D eigenvalue weighted by atomic mass is 16.6. The number of allylic oxidation sites excluding steroid dienone is 12. The van der Waals surface area contributed by atoms with Crippen LogP contribution in [0.25, 0.3) is 0 Å². The Hall–Kier alpha value is -3.15. The normalized spacial score (nSPS) is 12.6. The molecule has 0 fully saturated rings. The van der Waals surface area contributed by atoms with Crippen LogP contribution in [0.5, 0.6) is 0 Å². The molecule has 0 bridgehead atoms. The lowest BCUT2D eigenvalue weighted by Gasteiger charge is -2.18. The highest BCUT2D eigenvalue weighted by Crippen LogP contribution is 2.15. The van der Waals surface area contributed by atoms with Crippen LogP contribution in [0.1, 0.15) is 265 Å². The van der Waals surface area contributed by atoms with Crippen molar-refractivity contribution in [2.24, 2.45) is 0 Å². The van der Waals surface area contributed by atoms with Gasteiger partial charge in [0.2, 0.25) is 0 Å². The number of unbranched alkanes of at least 4 members (excludes halogenated alkanes) is 26. The first-order valence-electron chi connectivity index (χ1n) is 27.4. The number of ether oxygens (including phenoxy) is 3. The molecule has 0 aromatic rings. The molecule has 65 heavy (non-hydrogen) atoms. The van der Waals surface area contributed by atoms with Gasteiger partial charge in [-0.05, 0) is 89.9 Å². The Morgan fingerprint density at radius 1 is 0.308 bits per heavy atom. The van der Waals surface area contributed by atoms with Crippen molar-refractivity contribution in [1.29, 1.82) is 0 Å². The SMILES string of the molecule is CCCCC/C=C\C/C=C\C/C=C\C/C=C\CCCC(=O)OC[C@H](COC(=O)CCCCCCCCC/C=C\C/C=C\CCCCC)OC(=O)CCCCCCCCCCCCCCC. The highest BCUT2D eigenvalue weighted by molar-refractivity contribution is 5.71. The summed E-state index contributed by atoms with van der Waals surface area (Å²) >= 11 is 0. The van der Waals surface area contributed by atoms with Crippen LogP contribution in [0, 0.1) is 0 Å². The second kappa shape index (κ2) is 53.5. The third-order valence-electron chi connectivity index (χ3n) is 11.7. The number of hydrogen-bond acceptors (Lipinski definition) is 6. The first kappa shape index (κ1) is 61.9. The van der Waals surface area contributed by atoms with Crippen LogP contribution in [-0.2, 0) is 28.6 Å². The van der Waals surface area contributed by atoms with Crippen LogP contribution in [0.3, 0.4) is 0 Å². The van der Waals surface area contributed by atoms with E-state index in [2.05, 4.69) is 93.7 Å². The molecule has 0 aromatic heterocycles. The average Bonchev–Trinajstić information content (AvgIpc) is 3.30. The Morgan fingerprint density at radius 3 is 0.954 bits per heavy atom. The molecular weight excluding hydrogens is 805 g/mol. The fourth-order valence-electron chi connectivity index (χ4n) is 7.52. The molecule has 0 saturated carbocycles. The van der Waals surface area contributed by atoms with Gasteiger partial charge in [0.05, 0.1) is 0 Å². The summed E-state index contributed by atoms with van der Waals surface area (Å²) in [6.07, 6.45) is 67.4. The predicted octanol–water partition coefficient (Wildman–Crippen LogP) is 18.2. The van der Waals surface area contributed by atoms with Crippen molar-refractivity contribution >= 4 is 17.9 Å². The zero-order chi connectivity index (χ0) is 47.2. The van der Waals surface area contributed by atoms with Crippen molar-refractivity contribution in [2.45, 2.75) is 271 Å². The van der Waals surface area contributed by atoms with Gasteiger partial charge in [-0.1, -0.05) is 229 Å². The summed E-state index contributed by atoms with van der Waals surface area (Å²) in [6.45, 7) is 6.54. The summed E-state index contributed by atoms with van der Waals surface area (Å²) < 4.78 is 16.8. The van der Waals surface area contributed by atoms with Crippen LogP contribution >= 0.6 is 0 Å². The summed E-state index contributed by atoms with van der Waals surface area (Å²) in [5, 5.41) is 0. The average molecular weight is 907 g/mol. The monoisotopic (exact) mass is 907 g/mol. The topological polar surface area (TPSA) is 78.9 Å². The van der Waals surface area contributed by atoms with Crippen LogP contribution in [0.4, 0.5) is 0 Å². The second-order valence-electron chi connectivity index (χ2n) is 18.1. The van der Waals surface area contributed by atoms with Gasteiger partial charge in [-0.2, -0.15) is 0 Å². The van der Waals surface area contributed by atoms with Crippen molar-refractivity contribution < 1.29 is 28.6 Å². The summed E-state index contributed by atoms with van der Waals surface area (Å²) in [7, 11) is 0. The van der Waals surface area contributed by atoms with E-state index in [4.69, 9.17) is 14.2 Å². The van der Waals surface area contributed by atoms with Crippen LogP contribution < -0.4 is 0 Å². The minimum atomic E-state index is -0.798. The van der Waals surface area contributed by atoms with E-state index in [1.165, 1.54) is 141 Å². The largest absolute Gasteiger partial charge is 0.462 e. The van der Waals surface area contributed by atoms with Gasteiger partial charge in [0, 0.05) is 19.3 Å². The number of carbonyl (C=O) groups is 3.